The Bertz CT molecular complexity index is 392. The lowest BCUT2D eigenvalue weighted by atomic mass is 10.3. The zero-order valence-electron chi connectivity index (χ0n) is 6.81. The van der Waals surface area contributed by atoms with Crippen molar-refractivity contribution in [3.8, 4) is 0 Å². The monoisotopic (exact) mass is 119 g/mol. The maximum absolute atomic E-state index is 7.43. The van der Waals surface area contributed by atoms with Crippen LogP contribution in [0.2, 0.25) is 0 Å². The molecular weight excluding hydrogens is 110 g/mol. The second-order valence-corrected chi connectivity index (χ2v) is 1.90. The van der Waals surface area contributed by atoms with Crippen LogP contribution in [0.15, 0.2) is 36.5 Å². The van der Waals surface area contributed by atoms with Gasteiger partial charge in [0.2, 0.25) is 0 Å². The molecule has 0 aliphatic carbocycles. The third-order valence-corrected chi connectivity index (χ3v) is 1.32. The van der Waals surface area contributed by atoms with Gasteiger partial charge >= 0.3 is 0 Å². The highest BCUT2D eigenvalue weighted by Gasteiger charge is 1.86. The van der Waals surface area contributed by atoms with Crippen LogP contribution in [-0.4, -0.2) is 4.98 Å². The van der Waals surface area contributed by atoms with E-state index in [2.05, 4.69) is 4.98 Å². The molecule has 0 amide bonds. The van der Waals surface area contributed by atoms with Gasteiger partial charge in [0.25, 0.3) is 0 Å². The molecular formula is C8H7N. The summed E-state index contributed by atoms with van der Waals surface area (Å²) < 4.78 is 14.7. The van der Waals surface area contributed by atoms with Crippen LogP contribution < -0.4 is 0 Å². The highest BCUT2D eigenvalue weighted by Crippen LogP contribution is 2.09. The first-order valence-electron chi connectivity index (χ1n) is 3.82. The number of hydrogen-bond donors (Lipinski definition) is 1. The number of rotatable bonds is 0. The Hall–Kier alpha value is -1.24. The molecule has 0 radical (unpaired) electrons. The molecule has 2 aromatic rings. The van der Waals surface area contributed by atoms with Gasteiger partial charge in [0.15, 0.2) is 0 Å². The van der Waals surface area contributed by atoms with Crippen molar-refractivity contribution in [2.45, 2.75) is 0 Å². The highest BCUT2D eigenvalue weighted by molar-refractivity contribution is 5.78. The van der Waals surface area contributed by atoms with Crippen molar-refractivity contribution in [2.24, 2.45) is 0 Å². The van der Waals surface area contributed by atoms with E-state index in [1.807, 2.05) is 6.07 Å². The number of aromatic nitrogens is 1. The maximum Gasteiger partial charge on any atom is 0.0645 e. The average molecular weight is 119 g/mol. The van der Waals surface area contributed by atoms with E-state index < -0.39 is 0 Å². The Kier molecular flexibility index (Phi) is 0.552. The van der Waals surface area contributed by atoms with Crippen molar-refractivity contribution < 1.29 is 2.74 Å². The summed E-state index contributed by atoms with van der Waals surface area (Å²) in [6.45, 7) is 0. The third kappa shape index (κ3) is 0.617. The van der Waals surface area contributed by atoms with Gasteiger partial charge in [0.05, 0.1) is 2.74 Å². The number of para-hydroxylation sites is 1. The molecule has 1 N–H and O–H groups in total. The summed E-state index contributed by atoms with van der Waals surface area (Å²) in [6, 6.07) is 6.11. The first-order valence-corrected chi connectivity index (χ1v) is 2.82. The van der Waals surface area contributed by atoms with Gasteiger partial charge in [0, 0.05) is 11.7 Å². The van der Waals surface area contributed by atoms with E-state index >= 15 is 0 Å². The number of H-pyrrole nitrogens is 1. The number of aromatic amines is 1. The average Bonchev–Trinajstić information content (AvgIpc) is 2.33. The van der Waals surface area contributed by atoms with Crippen LogP contribution in [0.5, 0.6) is 0 Å². The van der Waals surface area contributed by atoms with Crippen molar-refractivity contribution in [2.75, 3.05) is 0 Å². The molecule has 1 heteroatoms. The molecule has 0 saturated carbocycles. The molecule has 1 aromatic carbocycles. The number of nitrogens with one attached hydrogen (secondary N) is 1. The van der Waals surface area contributed by atoms with Gasteiger partial charge in [-0.1, -0.05) is 18.2 Å². The van der Waals surface area contributed by atoms with Gasteiger partial charge in [-0.2, -0.15) is 0 Å². The fourth-order valence-corrected chi connectivity index (χ4v) is 0.867. The molecule has 0 spiro atoms. The molecule has 0 atom stereocenters. The molecule has 0 aliphatic heterocycles. The first kappa shape index (κ1) is 3.06. The van der Waals surface area contributed by atoms with Gasteiger partial charge < -0.3 is 4.98 Å². The summed E-state index contributed by atoms with van der Waals surface area (Å²) >= 11 is 0. The van der Waals surface area contributed by atoms with E-state index in [1.165, 1.54) is 0 Å². The molecule has 0 aliphatic rings. The lowest BCUT2D eigenvalue weighted by Gasteiger charge is -1.83. The highest BCUT2D eigenvalue weighted by atomic mass is 14.6. The zero-order valence-corrected chi connectivity index (χ0v) is 4.81. The molecule has 1 aromatic heterocycles. The fourth-order valence-electron chi connectivity index (χ4n) is 0.867. The summed E-state index contributed by atoms with van der Waals surface area (Å²) in [4.78, 5) is 2.94. The van der Waals surface area contributed by atoms with Crippen LogP contribution in [0.4, 0.5) is 0 Å². The lowest BCUT2D eigenvalue weighted by Crippen LogP contribution is -1.61. The van der Waals surface area contributed by atoms with Gasteiger partial charge in [-0.15, -0.1) is 0 Å². The molecule has 0 fully saturated rings. The van der Waals surface area contributed by atoms with E-state index in [-0.39, 0.29) is 0 Å². The van der Waals surface area contributed by atoms with Crippen LogP contribution in [0, 0.1) is 0 Å². The van der Waals surface area contributed by atoms with E-state index in [0.717, 1.165) is 10.9 Å². The second kappa shape index (κ2) is 1.62. The minimum Gasteiger partial charge on any atom is -0.361 e. The van der Waals surface area contributed by atoms with Gasteiger partial charge in [-0.05, 0) is 17.5 Å². The standard InChI is InChI=1S/C8H7N/c1-2-4-8-7(3-1)5-6-9-8/h1-6,9H/i1D,5D. The predicted octanol–water partition coefficient (Wildman–Crippen LogP) is 2.17. The summed E-state index contributed by atoms with van der Waals surface area (Å²) in [7, 11) is 0. The first-order chi connectivity index (χ1) is 5.27. The van der Waals surface area contributed by atoms with Gasteiger partial charge in [-0.3, -0.25) is 0 Å². The Morgan fingerprint density at radius 1 is 1.44 bits per heavy atom. The quantitative estimate of drug-likeness (QED) is 0.547. The molecule has 0 unspecified atom stereocenters. The Morgan fingerprint density at radius 2 is 2.44 bits per heavy atom. The van der Waals surface area contributed by atoms with Crippen molar-refractivity contribution >= 4 is 10.9 Å². The number of benzene rings is 1. The van der Waals surface area contributed by atoms with Crippen LogP contribution in [0.3, 0.4) is 0 Å². The van der Waals surface area contributed by atoms with Crippen LogP contribution >= 0.6 is 0 Å². The van der Waals surface area contributed by atoms with E-state index in [9.17, 15) is 0 Å². The van der Waals surface area contributed by atoms with Crippen LogP contribution in [-0.2, 0) is 0 Å². The van der Waals surface area contributed by atoms with Crippen LogP contribution in [0.1, 0.15) is 2.74 Å². The molecule has 0 saturated heterocycles. The minimum atomic E-state index is 0.450. The Labute approximate surface area is 56.1 Å². The summed E-state index contributed by atoms with van der Waals surface area (Å²) in [5.74, 6) is 0. The van der Waals surface area contributed by atoms with Crippen LogP contribution in [0.25, 0.3) is 10.9 Å². The number of fused-ring (bicyclic) bond motifs is 1. The van der Waals surface area contributed by atoms with Gasteiger partial charge in [-0.25, -0.2) is 0 Å². The molecule has 1 heterocycles. The molecule has 0 bridgehead atoms. The normalized spacial score (nSPS) is 13.3. The predicted molar refractivity (Wildman–Crippen MR) is 38.3 cm³/mol. The summed E-state index contributed by atoms with van der Waals surface area (Å²) in [6.07, 6.45) is 1.63. The Morgan fingerprint density at radius 3 is 3.44 bits per heavy atom. The van der Waals surface area contributed by atoms with Gasteiger partial charge in [0.1, 0.15) is 0 Å². The van der Waals surface area contributed by atoms with E-state index in [1.54, 1.807) is 18.3 Å². The van der Waals surface area contributed by atoms with Crippen molar-refractivity contribution in [1.29, 1.82) is 0 Å². The SMILES string of the molecule is [2H]c1ccc2[nH]cc([2H])c2c1. The fraction of sp³-hybridized carbons (Fsp3) is 0. The lowest BCUT2D eigenvalue weighted by molar-refractivity contribution is 1.48. The van der Waals surface area contributed by atoms with Crippen molar-refractivity contribution in [3.05, 3.63) is 36.5 Å². The molecule has 2 rings (SSSR count). The zero-order chi connectivity index (χ0) is 7.84. The topological polar surface area (TPSA) is 15.8 Å². The molecule has 1 nitrogen and oxygen atoms in total. The molecule has 44 valence electrons. The summed E-state index contributed by atoms with van der Waals surface area (Å²) in [5.41, 5.74) is 0.922. The number of hydrogen-bond acceptors (Lipinski definition) is 0. The van der Waals surface area contributed by atoms with Crippen molar-refractivity contribution in [1.82, 2.24) is 4.98 Å². The maximum atomic E-state index is 7.43. The summed E-state index contributed by atoms with van der Waals surface area (Å²) in [5, 5.41) is 0.817. The smallest absolute Gasteiger partial charge is 0.0645 e. The van der Waals surface area contributed by atoms with E-state index in [0.29, 0.717) is 12.1 Å². The second-order valence-electron chi connectivity index (χ2n) is 1.90. The third-order valence-electron chi connectivity index (χ3n) is 1.32. The largest absolute Gasteiger partial charge is 0.361 e. The van der Waals surface area contributed by atoms with Crippen molar-refractivity contribution in [3.63, 3.8) is 0 Å². The Balaban J connectivity index is 2.87. The minimum absolute atomic E-state index is 0.450. The van der Waals surface area contributed by atoms with E-state index in [4.69, 9.17) is 2.74 Å². The molecule has 9 heavy (non-hydrogen) atoms.